The van der Waals surface area contributed by atoms with Gasteiger partial charge in [0.2, 0.25) is 5.91 Å². The molecule has 0 saturated heterocycles. The summed E-state index contributed by atoms with van der Waals surface area (Å²) in [6.45, 7) is 4.30. The van der Waals surface area contributed by atoms with E-state index in [1.807, 2.05) is 6.92 Å². The van der Waals surface area contributed by atoms with Gasteiger partial charge in [0.1, 0.15) is 5.01 Å². The number of rotatable bonds is 6. The van der Waals surface area contributed by atoms with Gasteiger partial charge in [-0.25, -0.2) is 4.98 Å². The lowest BCUT2D eigenvalue weighted by Gasteiger charge is -2.22. The summed E-state index contributed by atoms with van der Waals surface area (Å²) in [5.74, 6) is 0.582. The van der Waals surface area contributed by atoms with Crippen LogP contribution in [0.5, 0.6) is 0 Å². The minimum atomic E-state index is -0.772. The van der Waals surface area contributed by atoms with Crippen molar-refractivity contribution in [3.8, 4) is 0 Å². The van der Waals surface area contributed by atoms with Crippen LogP contribution in [0.2, 0.25) is 0 Å². The van der Waals surface area contributed by atoms with E-state index in [1.165, 1.54) is 18.5 Å². The Kier molecular flexibility index (Phi) is 4.02. The standard InChI is InChI=1S/C13H21N3OS/c1-3-6-13(2,14)12(17)15-7-11-16-10(8-18-11)9-4-5-9/h8-9H,3-7,14H2,1-2H3,(H,15,17). The number of hydrogen-bond donors (Lipinski definition) is 2. The van der Waals surface area contributed by atoms with Gasteiger partial charge >= 0.3 is 0 Å². The van der Waals surface area contributed by atoms with Crippen molar-refractivity contribution in [3.05, 3.63) is 16.1 Å². The molecule has 2 rings (SSSR count). The number of nitrogens with zero attached hydrogens (tertiary/aromatic N) is 1. The van der Waals surface area contributed by atoms with E-state index in [-0.39, 0.29) is 5.91 Å². The van der Waals surface area contributed by atoms with Crippen molar-refractivity contribution < 1.29 is 4.79 Å². The molecule has 1 amide bonds. The van der Waals surface area contributed by atoms with Gasteiger partial charge in [0.25, 0.3) is 0 Å². The molecule has 1 saturated carbocycles. The zero-order chi connectivity index (χ0) is 13.2. The lowest BCUT2D eigenvalue weighted by atomic mass is 9.97. The van der Waals surface area contributed by atoms with Crippen LogP contribution in [0, 0.1) is 0 Å². The molecular formula is C13H21N3OS. The third-order valence-electron chi connectivity index (χ3n) is 3.25. The summed E-state index contributed by atoms with van der Waals surface area (Å²) in [4.78, 5) is 16.5. The highest BCUT2D eigenvalue weighted by molar-refractivity contribution is 7.09. The molecule has 0 spiro atoms. The van der Waals surface area contributed by atoms with Crippen LogP contribution in [0.1, 0.15) is 56.2 Å². The fourth-order valence-electron chi connectivity index (χ4n) is 1.96. The van der Waals surface area contributed by atoms with Gasteiger partial charge in [-0.15, -0.1) is 11.3 Å². The highest BCUT2D eigenvalue weighted by Crippen LogP contribution is 2.40. The highest BCUT2D eigenvalue weighted by atomic mass is 32.1. The van der Waals surface area contributed by atoms with Gasteiger partial charge in [-0.2, -0.15) is 0 Å². The van der Waals surface area contributed by atoms with Gasteiger partial charge < -0.3 is 11.1 Å². The van der Waals surface area contributed by atoms with Crippen molar-refractivity contribution >= 4 is 17.2 Å². The normalized spacial score (nSPS) is 18.4. The predicted molar refractivity (Wildman–Crippen MR) is 73.4 cm³/mol. The Hall–Kier alpha value is -0.940. The second-order valence-electron chi connectivity index (χ2n) is 5.29. The maximum atomic E-state index is 11.9. The van der Waals surface area contributed by atoms with Crippen LogP contribution >= 0.6 is 11.3 Å². The van der Waals surface area contributed by atoms with Crippen molar-refractivity contribution in [1.29, 1.82) is 0 Å². The molecule has 1 aliphatic rings. The van der Waals surface area contributed by atoms with Crippen LogP contribution in [-0.2, 0) is 11.3 Å². The first kappa shape index (κ1) is 13.5. The number of aromatic nitrogens is 1. The van der Waals surface area contributed by atoms with Crippen LogP contribution in [0.3, 0.4) is 0 Å². The second-order valence-corrected chi connectivity index (χ2v) is 6.23. The van der Waals surface area contributed by atoms with Gasteiger partial charge in [-0.3, -0.25) is 4.79 Å². The Bertz CT molecular complexity index is 424. The van der Waals surface area contributed by atoms with Crippen molar-refractivity contribution in [3.63, 3.8) is 0 Å². The Balaban J connectivity index is 1.84. The van der Waals surface area contributed by atoms with E-state index in [4.69, 9.17) is 5.73 Å². The average Bonchev–Trinajstić information content (AvgIpc) is 3.06. The highest BCUT2D eigenvalue weighted by Gasteiger charge is 2.28. The molecule has 0 radical (unpaired) electrons. The summed E-state index contributed by atoms with van der Waals surface area (Å²) in [5.41, 5.74) is 6.39. The summed E-state index contributed by atoms with van der Waals surface area (Å²) in [5, 5.41) is 5.95. The third kappa shape index (κ3) is 3.29. The molecule has 1 fully saturated rings. The van der Waals surface area contributed by atoms with Gasteiger partial charge in [0.15, 0.2) is 0 Å². The van der Waals surface area contributed by atoms with E-state index >= 15 is 0 Å². The summed E-state index contributed by atoms with van der Waals surface area (Å²) in [6, 6.07) is 0. The summed E-state index contributed by atoms with van der Waals surface area (Å²) < 4.78 is 0. The number of amides is 1. The average molecular weight is 267 g/mol. The first-order chi connectivity index (χ1) is 8.53. The molecule has 1 aliphatic carbocycles. The molecule has 4 nitrogen and oxygen atoms in total. The van der Waals surface area contributed by atoms with E-state index < -0.39 is 5.54 Å². The zero-order valence-electron chi connectivity index (χ0n) is 11.0. The van der Waals surface area contributed by atoms with E-state index in [1.54, 1.807) is 18.3 Å². The summed E-state index contributed by atoms with van der Waals surface area (Å²) >= 11 is 1.62. The predicted octanol–water partition coefficient (Wildman–Crippen LogP) is 2.15. The van der Waals surface area contributed by atoms with Crippen LogP contribution < -0.4 is 11.1 Å². The monoisotopic (exact) mass is 267 g/mol. The van der Waals surface area contributed by atoms with E-state index in [0.29, 0.717) is 18.9 Å². The number of thiazole rings is 1. The quantitative estimate of drug-likeness (QED) is 0.830. The van der Waals surface area contributed by atoms with E-state index in [2.05, 4.69) is 15.7 Å². The lowest BCUT2D eigenvalue weighted by Crippen LogP contribution is -2.51. The summed E-state index contributed by atoms with van der Waals surface area (Å²) in [7, 11) is 0. The SMILES string of the molecule is CCCC(C)(N)C(=O)NCc1nc(C2CC2)cs1. The molecule has 1 unspecified atom stereocenters. The van der Waals surface area contributed by atoms with Crippen molar-refractivity contribution in [2.75, 3.05) is 0 Å². The second kappa shape index (κ2) is 5.36. The third-order valence-corrected chi connectivity index (χ3v) is 4.12. The molecular weight excluding hydrogens is 246 g/mol. The fraction of sp³-hybridized carbons (Fsp3) is 0.692. The number of nitrogens with two attached hydrogens (primary N) is 1. The molecule has 100 valence electrons. The number of carbonyl (C=O) groups is 1. The van der Waals surface area contributed by atoms with Gasteiger partial charge in [0.05, 0.1) is 17.8 Å². The Morgan fingerprint density at radius 2 is 2.39 bits per heavy atom. The Morgan fingerprint density at radius 3 is 3.00 bits per heavy atom. The molecule has 1 atom stereocenters. The largest absolute Gasteiger partial charge is 0.348 e. The first-order valence-corrected chi connectivity index (χ1v) is 7.42. The minimum Gasteiger partial charge on any atom is -0.348 e. The first-order valence-electron chi connectivity index (χ1n) is 6.54. The van der Waals surface area contributed by atoms with Crippen molar-refractivity contribution in [1.82, 2.24) is 10.3 Å². The Labute approximate surface area is 112 Å². The van der Waals surface area contributed by atoms with E-state index in [9.17, 15) is 4.79 Å². The molecule has 1 heterocycles. The van der Waals surface area contributed by atoms with Gasteiger partial charge in [-0.05, 0) is 26.2 Å². The lowest BCUT2D eigenvalue weighted by molar-refractivity contribution is -0.126. The van der Waals surface area contributed by atoms with Crippen LogP contribution in [0.4, 0.5) is 0 Å². The van der Waals surface area contributed by atoms with E-state index in [0.717, 1.165) is 11.4 Å². The molecule has 18 heavy (non-hydrogen) atoms. The minimum absolute atomic E-state index is 0.0903. The van der Waals surface area contributed by atoms with Crippen LogP contribution in [-0.4, -0.2) is 16.4 Å². The van der Waals surface area contributed by atoms with Gasteiger partial charge in [-0.1, -0.05) is 13.3 Å². The maximum absolute atomic E-state index is 11.9. The number of carbonyl (C=O) groups excluding carboxylic acids is 1. The topological polar surface area (TPSA) is 68.0 Å². The fourth-order valence-corrected chi connectivity index (χ4v) is 2.78. The smallest absolute Gasteiger partial charge is 0.240 e. The van der Waals surface area contributed by atoms with Gasteiger partial charge in [0, 0.05) is 11.3 Å². The molecule has 1 aromatic heterocycles. The number of hydrogen-bond acceptors (Lipinski definition) is 4. The van der Waals surface area contributed by atoms with Crippen LogP contribution in [0.15, 0.2) is 5.38 Å². The van der Waals surface area contributed by atoms with Crippen LogP contribution in [0.25, 0.3) is 0 Å². The molecule has 1 aromatic rings. The zero-order valence-corrected chi connectivity index (χ0v) is 11.8. The number of nitrogens with one attached hydrogen (secondary N) is 1. The molecule has 3 N–H and O–H groups in total. The molecule has 0 aliphatic heterocycles. The molecule has 0 bridgehead atoms. The maximum Gasteiger partial charge on any atom is 0.240 e. The molecule has 0 aromatic carbocycles. The van der Waals surface area contributed by atoms with Crippen molar-refractivity contribution in [2.24, 2.45) is 5.73 Å². The molecule has 5 heteroatoms. The summed E-state index contributed by atoms with van der Waals surface area (Å²) in [6.07, 6.45) is 4.12. The Morgan fingerprint density at radius 1 is 1.67 bits per heavy atom. The van der Waals surface area contributed by atoms with Crippen molar-refractivity contribution in [2.45, 2.75) is 57.5 Å².